The van der Waals surface area contributed by atoms with Gasteiger partial charge in [0.2, 0.25) is 0 Å². The van der Waals surface area contributed by atoms with Crippen LogP contribution in [0.1, 0.15) is 10.4 Å². The molecule has 0 saturated heterocycles. The Labute approximate surface area is 89.6 Å². The minimum Gasteiger partial charge on any atom is -0.289 e. The lowest BCUT2D eigenvalue weighted by atomic mass is 10.1. The first-order chi connectivity index (χ1) is 5.74. The molecule has 0 atom stereocenters. The van der Waals surface area contributed by atoms with Gasteiger partial charge in [-0.3, -0.25) is 4.79 Å². The van der Waals surface area contributed by atoms with Crippen molar-refractivity contribution >= 4 is 40.0 Å². The van der Waals surface area contributed by atoms with Crippen molar-refractivity contribution in [2.45, 2.75) is 0 Å². The second-order valence-corrected chi connectivity index (χ2v) is 3.32. The summed E-state index contributed by atoms with van der Waals surface area (Å²) in [5.74, 6) is 0.000988. The zero-order chi connectivity index (χ0) is 8.97. The Morgan fingerprint density at radius 2 is 1.92 bits per heavy atom. The maximum Gasteiger partial charge on any atom is 0.186 e. The average molecular weight is 293 g/mol. The van der Waals surface area contributed by atoms with Crippen molar-refractivity contribution < 1.29 is 4.79 Å². The molecule has 0 heterocycles. The fourth-order valence-corrected chi connectivity index (χ4v) is 1.22. The molecule has 0 aliphatic carbocycles. The molecule has 0 aromatic heterocycles. The predicted octanol–water partition coefficient (Wildman–Crippen LogP) is 3.47. The van der Waals surface area contributed by atoms with E-state index in [0.29, 0.717) is 10.6 Å². The number of allylic oxidation sites excluding steroid dienone is 1. The van der Waals surface area contributed by atoms with E-state index in [9.17, 15) is 4.79 Å². The Kier molecular flexibility index (Phi) is 3.75. The molecule has 0 radical (unpaired) electrons. The molecule has 0 amide bonds. The highest BCUT2D eigenvalue weighted by molar-refractivity contribution is 14.1. The topological polar surface area (TPSA) is 17.1 Å². The van der Waals surface area contributed by atoms with Crippen LogP contribution in [-0.2, 0) is 0 Å². The van der Waals surface area contributed by atoms with Gasteiger partial charge in [-0.15, -0.1) is 0 Å². The second-order valence-electron chi connectivity index (χ2n) is 2.16. The Morgan fingerprint density at radius 1 is 1.33 bits per heavy atom. The maximum atomic E-state index is 11.2. The quantitative estimate of drug-likeness (QED) is 0.463. The minimum absolute atomic E-state index is 0.000988. The van der Waals surface area contributed by atoms with Crippen molar-refractivity contribution in [3.05, 3.63) is 45.0 Å². The molecular weight excluding hydrogens is 286 g/mol. The Morgan fingerprint density at radius 3 is 2.42 bits per heavy atom. The molecule has 0 aliphatic heterocycles. The number of carbonyl (C=O) groups is 1. The molecule has 0 N–H and O–H groups in total. The second kappa shape index (κ2) is 4.62. The number of rotatable bonds is 2. The predicted molar refractivity (Wildman–Crippen MR) is 58.9 cm³/mol. The van der Waals surface area contributed by atoms with Crippen molar-refractivity contribution in [1.29, 1.82) is 0 Å². The molecule has 0 aliphatic rings. The maximum absolute atomic E-state index is 11.2. The van der Waals surface area contributed by atoms with Crippen LogP contribution in [0.3, 0.4) is 0 Å². The molecule has 62 valence electrons. The summed E-state index contributed by atoms with van der Waals surface area (Å²) in [5, 5.41) is 0.644. The summed E-state index contributed by atoms with van der Waals surface area (Å²) in [5.41, 5.74) is 0.660. The van der Waals surface area contributed by atoms with Crippen LogP contribution >= 0.6 is 34.2 Å². The van der Waals surface area contributed by atoms with E-state index in [1.807, 2.05) is 22.6 Å². The fraction of sp³-hybridized carbons (Fsp3) is 0. The Balaban J connectivity index is 2.90. The molecule has 3 heteroatoms. The van der Waals surface area contributed by atoms with Gasteiger partial charge in [0.25, 0.3) is 0 Å². The van der Waals surface area contributed by atoms with E-state index in [1.54, 1.807) is 28.3 Å². The van der Waals surface area contributed by atoms with E-state index in [1.165, 1.54) is 6.08 Å². The summed E-state index contributed by atoms with van der Waals surface area (Å²) < 4.78 is 1.69. The number of carbonyl (C=O) groups excluding carboxylic acids is 1. The van der Waals surface area contributed by atoms with Gasteiger partial charge in [-0.1, -0.05) is 34.2 Å². The van der Waals surface area contributed by atoms with Gasteiger partial charge in [-0.05, 0) is 34.4 Å². The Bertz CT molecular complexity index is 303. The van der Waals surface area contributed by atoms with Crippen LogP contribution in [0.2, 0.25) is 5.02 Å². The standard InChI is InChI=1S/C9H6ClIO/c10-8-3-1-7(2-4-8)9(12)5-6-11/h1-6H. The molecule has 0 spiro atoms. The molecule has 1 rings (SSSR count). The number of ketones is 1. The lowest BCUT2D eigenvalue weighted by Crippen LogP contribution is -1.92. The third-order valence-electron chi connectivity index (χ3n) is 1.34. The molecular formula is C9H6ClIO. The largest absolute Gasteiger partial charge is 0.289 e. The number of benzene rings is 1. The number of hydrogen-bond donors (Lipinski definition) is 0. The molecule has 0 fully saturated rings. The highest BCUT2D eigenvalue weighted by Gasteiger charge is 1.99. The van der Waals surface area contributed by atoms with Gasteiger partial charge in [-0.25, -0.2) is 0 Å². The van der Waals surface area contributed by atoms with Gasteiger partial charge < -0.3 is 0 Å². The summed E-state index contributed by atoms with van der Waals surface area (Å²) >= 11 is 7.67. The van der Waals surface area contributed by atoms with E-state index in [4.69, 9.17) is 11.6 Å². The summed E-state index contributed by atoms with van der Waals surface area (Å²) in [4.78, 5) is 11.2. The zero-order valence-electron chi connectivity index (χ0n) is 6.13. The summed E-state index contributed by atoms with van der Waals surface area (Å²) in [6.45, 7) is 0. The summed E-state index contributed by atoms with van der Waals surface area (Å²) in [6, 6.07) is 6.83. The van der Waals surface area contributed by atoms with E-state index < -0.39 is 0 Å². The molecule has 1 nitrogen and oxygen atoms in total. The number of hydrogen-bond acceptors (Lipinski definition) is 1. The normalized spacial score (nSPS) is 10.5. The fourth-order valence-electron chi connectivity index (χ4n) is 0.768. The third-order valence-corrected chi connectivity index (χ3v) is 1.95. The third kappa shape index (κ3) is 2.60. The van der Waals surface area contributed by atoms with Crippen LogP contribution in [0.25, 0.3) is 0 Å². The van der Waals surface area contributed by atoms with Crippen molar-refractivity contribution in [2.75, 3.05) is 0 Å². The molecule has 0 unspecified atom stereocenters. The summed E-state index contributed by atoms with van der Waals surface area (Å²) in [6.07, 6.45) is 1.52. The van der Waals surface area contributed by atoms with E-state index >= 15 is 0 Å². The monoisotopic (exact) mass is 292 g/mol. The van der Waals surface area contributed by atoms with Crippen molar-refractivity contribution in [1.82, 2.24) is 0 Å². The van der Waals surface area contributed by atoms with Crippen LogP contribution in [0, 0.1) is 0 Å². The van der Waals surface area contributed by atoms with E-state index in [2.05, 4.69) is 0 Å². The van der Waals surface area contributed by atoms with Crippen molar-refractivity contribution in [2.24, 2.45) is 0 Å². The van der Waals surface area contributed by atoms with Gasteiger partial charge in [0, 0.05) is 10.6 Å². The van der Waals surface area contributed by atoms with Crippen molar-refractivity contribution in [3.8, 4) is 0 Å². The van der Waals surface area contributed by atoms with Gasteiger partial charge in [-0.2, -0.15) is 0 Å². The molecule has 0 saturated carbocycles. The van der Waals surface area contributed by atoms with Gasteiger partial charge in [0.15, 0.2) is 5.78 Å². The molecule has 1 aromatic carbocycles. The lowest BCUT2D eigenvalue weighted by Gasteiger charge is -1.94. The molecule has 0 bridgehead atoms. The average Bonchev–Trinajstić information content (AvgIpc) is 2.06. The first-order valence-electron chi connectivity index (χ1n) is 3.30. The zero-order valence-corrected chi connectivity index (χ0v) is 9.04. The van der Waals surface area contributed by atoms with Crippen LogP contribution in [0.4, 0.5) is 0 Å². The SMILES string of the molecule is O=C(C=CI)c1ccc(Cl)cc1. The van der Waals surface area contributed by atoms with Gasteiger partial charge >= 0.3 is 0 Å². The highest BCUT2D eigenvalue weighted by Crippen LogP contribution is 2.10. The van der Waals surface area contributed by atoms with Crippen LogP contribution in [-0.4, -0.2) is 5.78 Å². The number of halogens is 2. The van der Waals surface area contributed by atoms with Crippen LogP contribution in [0.5, 0.6) is 0 Å². The first-order valence-corrected chi connectivity index (χ1v) is 4.93. The molecule has 12 heavy (non-hydrogen) atoms. The van der Waals surface area contributed by atoms with Crippen LogP contribution in [0.15, 0.2) is 34.4 Å². The van der Waals surface area contributed by atoms with Gasteiger partial charge in [0.1, 0.15) is 0 Å². The van der Waals surface area contributed by atoms with Crippen molar-refractivity contribution in [3.63, 3.8) is 0 Å². The summed E-state index contributed by atoms with van der Waals surface area (Å²) in [7, 11) is 0. The lowest BCUT2D eigenvalue weighted by molar-refractivity contribution is 0.104. The smallest absolute Gasteiger partial charge is 0.186 e. The minimum atomic E-state index is 0.000988. The Hall–Kier alpha value is -0.350. The van der Waals surface area contributed by atoms with E-state index in [0.717, 1.165) is 0 Å². The highest BCUT2D eigenvalue weighted by atomic mass is 127. The van der Waals surface area contributed by atoms with Crippen LogP contribution < -0.4 is 0 Å². The first kappa shape index (κ1) is 9.74. The molecule has 1 aromatic rings. The van der Waals surface area contributed by atoms with Gasteiger partial charge in [0.05, 0.1) is 0 Å². The van der Waals surface area contributed by atoms with E-state index in [-0.39, 0.29) is 5.78 Å².